The first-order valence-corrected chi connectivity index (χ1v) is 12.0. The van der Waals surface area contributed by atoms with E-state index in [2.05, 4.69) is 15.4 Å². The highest BCUT2D eigenvalue weighted by molar-refractivity contribution is 7.99. The summed E-state index contributed by atoms with van der Waals surface area (Å²) in [4.78, 5) is 12.8. The van der Waals surface area contributed by atoms with Gasteiger partial charge >= 0.3 is 12.2 Å². The van der Waals surface area contributed by atoms with Crippen LogP contribution in [0.25, 0.3) is 0 Å². The lowest BCUT2D eigenvalue weighted by molar-refractivity contribution is -0.137. The fourth-order valence-electron chi connectivity index (χ4n) is 2.69. The van der Waals surface area contributed by atoms with Crippen molar-refractivity contribution in [1.82, 2.24) is 0 Å². The molecule has 7 nitrogen and oxygen atoms in total. The van der Waals surface area contributed by atoms with Gasteiger partial charge in [0, 0.05) is 21.2 Å². The van der Waals surface area contributed by atoms with Crippen molar-refractivity contribution in [2.75, 3.05) is 21.6 Å². The number of benzene rings is 3. The second kappa shape index (κ2) is 9.81. The molecule has 0 bridgehead atoms. The quantitative estimate of drug-likeness (QED) is 0.191. The Morgan fingerprint density at radius 1 is 0.941 bits per heavy atom. The third-order valence-corrected chi connectivity index (χ3v) is 5.80. The summed E-state index contributed by atoms with van der Waals surface area (Å²) >= 11 is 0.921. The van der Waals surface area contributed by atoms with Gasteiger partial charge in [-0.2, -0.15) is 13.2 Å². The summed E-state index contributed by atoms with van der Waals surface area (Å²) in [6, 6.07) is 11.0. The minimum atomic E-state index is -4.46. The zero-order valence-corrected chi connectivity index (χ0v) is 18.9. The molecule has 0 unspecified atom stereocenters. The van der Waals surface area contributed by atoms with Gasteiger partial charge in [0.2, 0.25) is 10.0 Å². The lowest BCUT2D eigenvalue weighted by atomic mass is 10.2. The van der Waals surface area contributed by atoms with Gasteiger partial charge in [-0.3, -0.25) is 4.72 Å². The molecular weight excluding hydrogens is 498 g/mol. The van der Waals surface area contributed by atoms with Gasteiger partial charge in [-0.1, -0.05) is 11.8 Å². The number of aromatic hydroxyl groups is 1. The third-order valence-electron chi connectivity index (χ3n) is 4.15. The number of halogens is 4. The SMILES string of the molecule is CS(=O)(=O)Nc1cc(NC(=O)Nc2ccc(Sc3ccc(C(F)(F)F)cc3)c(F)c2)ccc1O. The molecule has 0 heterocycles. The smallest absolute Gasteiger partial charge is 0.416 e. The van der Waals surface area contributed by atoms with Gasteiger partial charge in [0.25, 0.3) is 0 Å². The number of anilines is 3. The number of amides is 2. The zero-order valence-electron chi connectivity index (χ0n) is 17.3. The molecular formula is C21H17F4N3O4S2. The van der Waals surface area contributed by atoms with Crippen LogP contribution < -0.4 is 15.4 Å². The minimum Gasteiger partial charge on any atom is -0.506 e. The summed E-state index contributed by atoms with van der Waals surface area (Å²) in [7, 11) is -3.67. The van der Waals surface area contributed by atoms with Gasteiger partial charge in [-0.15, -0.1) is 0 Å². The number of carbonyl (C=O) groups is 1. The Morgan fingerprint density at radius 3 is 2.09 bits per heavy atom. The van der Waals surface area contributed by atoms with Crippen LogP contribution >= 0.6 is 11.8 Å². The molecule has 34 heavy (non-hydrogen) atoms. The predicted octanol–water partition coefficient (Wildman–Crippen LogP) is 5.72. The Morgan fingerprint density at radius 2 is 1.53 bits per heavy atom. The van der Waals surface area contributed by atoms with Crippen LogP contribution in [0.5, 0.6) is 5.75 Å². The summed E-state index contributed by atoms with van der Waals surface area (Å²) in [6.45, 7) is 0. The van der Waals surface area contributed by atoms with Gasteiger partial charge in [0.15, 0.2) is 0 Å². The fraction of sp³-hybridized carbons (Fsp3) is 0.0952. The van der Waals surface area contributed by atoms with E-state index < -0.39 is 33.6 Å². The Kier molecular flexibility index (Phi) is 7.26. The van der Waals surface area contributed by atoms with Gasteiger partial charge in [-0.25, -0.2) is 17.6 Å². The molecule has 13 heteroatoms. The number of alkyl halides is 3. The minimum absolute atomic E-state index is 0.0973. The van der Waals surface area contributed by atoms with E-state index in [1.165, 1.54) is 42.5 Å². The number of rotatable bonds is 6. The standard InChI is InChI=1S/C21H17F4N3O4S2/c1-34(31,32)28-17-11-14(4-8-18(17)29)27-20(30)26-13-5-9-19(16(22)10-13)33-15-6-2-12(3-7-15)21(23,24)25/h2-11,28-29H,1H3,(H2,26,27,30). The molecule has 0 fully saturated rings. The van der Waals surface area contributed by atoms with Crippen LogP contribution in [0.3, 0.4) is 0 Å². The number of sulfonamides is 1. The molecule has 0 aliphatic carbocycles. The summed E-state index contributed by atoms with van der Waals surface area (Å²) in [5.74, 6) is -1.05. The highest BCUT2D eigenvalue weighted by atomic mass is 32.2. The Bertz CT molecular complexity index is 1310. The van der Waals surface area contributed by atoms with E-state index in [-0.39, 0.29) is 27.7 Å². The van der Waals surface area contributed by atoms with E-state index in [4.69, 9.17) is 0 Å². The first kappa shape index (κ1) is 25.2. The third kappa shape index (κ3) is 7.02. The van der Waals surface area contributed by atoms with Crippen molar-refractivity contribution in [3.05, 3.63) is 72.0 Å². The first-order chi connectivity index (χ1) is 15.8. The molecule has 0 aliphatic heterocycles. The second-order valence-corrected chi connectivity index (χ2v) is 9.82. The maximum atomic E-state index is 14.5. The molecule has 180 valence electrons. The number of hydrogen-bond acceptors (Lipinski definition) is 5. The molecule has 0 radical (unpaired) electrons. The Balaban J connectivity index is 1.65. The highest BCUT2D eigenvalue weighted by Gasteiger charge is 2.30. The van der Waals surface area contributed by atoms with Crippen molar-refractivity contribution >= 4 is 44.9 Å². The number of hydrogen-bond donors (Lipinski definition) is 4. The number of carbonyl (C=O) groups excluding carboxylic acids is 1. The maximum absolute atomic E-state index is 14.5. The summed E-state index contributed by atoms with van der Waals surface area (Å²) in [5.41, 5.74) is -0.705. The molecule has 0 saturated heterocycles. The van der Waals surface area contributed by atoms with Crippen LogP contribution in [-0.2, 0) is 16.2 Å². The molecule has 0 aromatic heterocycles. The number of phenols is 1. The van der Waals surface area contributed by atoms with E-state index in [0.717, 1.165) is 36.2 Å². The highest BCUT2D eigenvalue weighted by Crippen LogP contribution is 2.34. The summed E-state index contributed by atoms with van der Waals surface area (Å²) in [6.07, 6.45) is -3.57. The number of phenolic OH excluding ortho intramolecular Hbond substituents is 1. The van der Waals surface area contributed by atoms with Crippen LogP contribution in [0.15, 0.2) is 70.5 Å². The normalized spacial score (nSPS) is 11.7. The average molecular weight is 516 g/mol. The predicted molar refractivity (Wildman–Crippen MR) is 121 cm³/mol. The van der Waals surface area contributed by atoms with Gasteiger partial charge < -0.3 is 15.7 Å². The number of nitrogens with one attached hydrogen (secondary N) is 3. The topological polar surface area (TPSA) is 108 Å². The molecule has 3 aromatic carbocycles. The molecule has 3 rings (SSSR count). The van der Waals surface area contributed by atoms with Crippen molar-refractivity contribution in [1.29, 1.82) is 0 Å². The largest absolute Gasteiger partial charge is 0.506 e. The van der Waals surface area contributed by atoms with E-state index >= 15 is 0 Å². The molecule has 0 atom stereocenters. The molecule has 0 spiro atoms. The zero-order chi connectivity index (χ0) is 25.1. The average Bonchev–Trinajstić information content (AvgIpc) is 2.71. The molecule has 2 amide bonds. The van der Waals surface area contributed by atoms with Crippen molar-refractivity contribution < 1.29 is 35.9 Å². The van der Waals surface area contributed by atoms with Crippen molar-refractivity contribution in [2.24, 2.45) is 0 Å². The van der Waals surface area contributed by atoms with Crippen LogP contribution in [0.2, 0.25) is 0 Å². The fourth-order valence-corrected chi connectivity index (χ4v) is 4.07. The number of urea groups is 1. The van der Waals surface area contributed by atoms with Crippen LogP contribution in [0, 0.1) is 5.82 Å². The van der Waals surface area contributed by atoms with E-state index in [1.807, 2.05) is 0 Å². The van der Waals surface area contributed by atoms with E-state index in [0.29, 0.717) is 4.90 Å². The van der Waals surface area contributed by atoms with E-state index in [1.54, 1.807) is 0 Å². The molecule has 4 N–H and O–H groups in total. The lowest BCUT2D eigenvalue weighted by Gasteiger charge is -2.12. The molecule has 3 aromatic rings. The van der Waals surface area contributed by atoms with Gasteiger partial charge in [-0.05, 0) is 60.7 Å². The van der Waals surface area contributed by atoms with Gasteiger partial charge in [0.1, 0.15) is 11.6 Å². The Hall–Kier alpha value is -3.45. The van der Waals surface area contributed by atoms with Crippen molar-refractivity contribution in [2.45, 2.75) is 16.0 Å². The van der Waals surface area contributed by atoms with Crippen molar-refractivity contribution in [3.8, 4) is 5.75 Å². The maximum Gasteiger partial charge on any atom is 0.416 e. The van der Waals surface area contributed by atoms with Crippen LogP contribution in [0.4, 0.5) is 39.4 Å². The summed E-state index contributed by atoms with van der Waals surface area (Å²) in [5, 5.41) is 14.6. The molecule has 0 saturated carbocycles. The second-order valence-electron chi connectivity index (χ2n) is 6.95. The first-order valence-electron chi connectivity index (χ1n) is 9.34. The molecule has 0 aliphatic rings. The lowest BCUT2D eigenvalue weighted by Crippen LogP contribution is -2.19. The summed E-state index contributed by atoms with van der Waals surface area (Å²) < 4.78 is 77.2. The Labute approximate surface area is 196 Å². The monoisotopic (exact) mass is 515 g/mol. The van der Waals surface area contributed by atoms with Crippen molar-refractivity contribution in [3.63, 3.8) is 0 Å². The van der Waals surface area contributed by atoms with Crippen LogP contribution in [-0.4, -0.2) is 25.8 Å². The van der Waals surface area contributed by atoms with Crippen LogP contribution in [0.1, 0.15) is 5.56 Å². The van der Waals surface area contributed by atoms with E-state index in [9.17, 15) is 35.9 Å². The van der Waals surface area contributed by atoms with Gasteiger partial charge in [0.05, 0.1) is 17.5 Å².